The lowest BCUT2D eigenvalue weighted by Crippen LogP contribution is -2.12. The normalized spacial score (nSPS) is 11.4. The Bertz CT molecular complexity index is 704. The van der Waals surface area contributed by atoms with E-state index in [1.807, 2.05) is 0 Å². The minimum Gasteiger partial charge on any atom is -0.409 e. The summed E-state index contributed by atoms with van der Waals surface area (Å²) in [6.07, 6.45) is 0. The predicted octanol–water partition coefficient (Wildman–Crippen LogP) is 3.49. The van der Waals surface area contributed by atoms with Crippen molar-refractivity contribution in [1.29, 1.82) is 0 Å². The average molecular weight is 324 g/mol. The molecule has 3 N–H and O–H groups in total. The van der Waals surface area contributed by atoms with Crippen LogP contribution in [0.1, 0.15) is 5.56 Å². The Morgan fingerprint density at radius 3 is 2.48 bits per heavy atom. The van der Waals surface area contributed by atoms with Gasteiger partial charge in [-0.3, -0.25) is 10.1 Å². The molecular weight excluding hydrogens is 314 g/mol. The molecule has 0 saturated carbocycles. The summed E-state index contributed by atoms with van der Waals surface area (Å²) < 4.78 is 0. The van der Waals surface area contributed by atoms with Crippen LogP contribution < -0.4 is 5.73 Å². The Hall–Kier alpha value is -2.25. The largest absolute Gasteiger partial charge is 0.409 e. The Balaban J connectivity index is 2.21. The molecule has 0 aliphatic carbocycles. The lowest BCUT2D eigenvalue weighted by Gasteiger charge is -2.06. The van der Waals surface area contributed by atoms with Gasteiger partial charge in [0, 0.05) is 27.5 Å². The van der Waals surface area contributed by atoms with E-state index in [4.69, 9.17) is 22.5 Å². The quantitative estimate of drug-likeness (QED) is 0.295. The molecule has 2 aromatic carbocycles. The highest BCUT2D eigenvalue weighted by atomic mass is 35.5. The summed E-state index contributed by atoms with van der Waals surface area (Å²) in [5.74, 6) is -0.0243. The fourth-order valence-electron chi connectivity index (χ4n) is 1.56. The predicted molar refractivity (Wildman–Crippen MR) is 81.2 cm³/mol. The van der Waals surface area contributed by atoms with E-state index in [9.17, 15) is 10.1 Å². The van der Waals surface area contributed by atoms with E-state index in [0.29, 0.717) is 10.6 Å². The maximum absolute atomic E-state index is 10.6. The van der Waals surface area contributed by atoms with E-state index in [2.05, 4.69) is 5.16 Å². The van der Waals surface area contributed by atoms with Crippen molar-refractivity contribution in [2.45, 2.75) is 9.79 Å². The molecule has 0 aliphatic heterocycles. The molecule has 0 spiro atoms. The zero-order valence-electron chi connectivity index (χ0n) is 10.6. The van der Waals surface area contributed by atoms with Crippen molar-refractivity contribution in [1.82, 2.24) is 0 Å². The molecule has 0 atom stereocenters. The van der Waals surface area contributed by atoms with Gasteiger partial charge in [-0.15, -0.1) is 0 Å². The highest BCUT2D eigenvalue weighted by molar-refractivity contribution is 7.99. The number of amidine groups is 1. The molecule has 0 unspecified atom stereocenters. The van der Waals surface area contributed by atoms with Crippen LogP contribution >= 0.6 is 23.4 Å². The van der Waals surface area contributed by atoms with Gasteiger partial charge in [0.1, 0.15) is 0 Å². The molecule has 0 bridgehead atoms. The minimum absolute atomic E-state index is 0.0243. The van der Waals surface area contributed by atoms with Crippen LogP contribution in [0.4, 0.5) is 5.69 Å². The first-order chi connectivity index (χ1) is 10.0. The Morgan fingerprint density at radius 2 is 1.95 bits per heavy atom. The molecule has 0 amide bonds. The van der Waals surface area contributed by atoms with E-state index in [1.165, 1.54) is 23.9 Å². The van der Waals surface area contributed by atoms with E-state index in [-0.39, 0.29) is 11.5 Å². The van der Waals surface area contributed by atoms with Crippen LogP contribution in [-0.2, 0) is 0 Å². The standard InChI is InChI=1S/C13H10ClN3O3S/c14-11-7-8(13(15)16-18)1-6-12(11)21-10-4-2-9(3-5-10)17(19)20/h1-7,18H,(H2,15,16). The average Bonchev–Trinajstić information content (AvgIpc) is 2.49. The van der Waals surface area contributed by atoms with Crippen molar-refractivity contribution in [2.24, 2.45) is 10.9 Å². The van der Waals surface area contributed by atoms with Crippen molar-refractivity contribution in [3.63, 3.8) is 0 Å². The number of oxime groups is 1. The van der Waals surface area contributed by atoms with Gasteiger partial charge in [-0.05, 0) is 30.3 Å². The first kappa shape index (κ1) is 15.1. The third-order valence-corrected chi connectivity index (χ3v) is 4.12. The Morgan fingerprint density at radius 1 is 1.29 bits per heavy atom. The number of non-ortho nitro benzene ring substituents is 1. The van der Waals surface area contributed by atoms with Crippen molar-refractivity contribution >= 4 is 34.9 Å². The number of nitro groups is 1. The summed E-state index contributed by atoms with van der Waals surface area (Å²) in [6.45, 7) is 0. The minimum atomic E-state index is -0.451. The molecule has 8 heteroatoms. The van der Waals surface area contributed by atoms with E-state index in [1.54, 1.807) is 30.3 Å². The summed E-state index contributed by atoms with van der Waals surface area (Å²) >= 11 is 7.51. The molecule has 6 nitrogen and oxygen atoms in total. The SMILES string of the molecule is NC(=NO)c1ccc(Sc2ccc([N+](=O)[O-])cc2)c(Cl)c1. The van der Waals surface area contributed by atoms with Crippen molar-refractivity contribution < 1.29 is 10.1 Å². The summed E-state index contributed by atoms with van der Waals surface area (Å²) in [4.78, 5) is 11.7. The van der Waals surface area contributed by atoms with Crippen LogP contribution in [-0.4, -0.2) is 16.0 Å². The molecule has 21 heavy (non-hydrogen) atoms. The van der Waals surface area contributed by atoms with Crippen molar-refractivity contribution in [3.8, 4) is 0 Å². The van der Waals surface area contributed by atoms with E-state index >= 15 is 0 Å². The van der Waals surface area contributed by atoms with Crippen LogP contribution in [0.25, 0.3) is 0 Å². The van der Waals surface area contributed by atoms with Gasteiger partial charge in [0.05, 0.1) is 9.95 Å². The van der Waals surface area contributed by atoms with Gasteiger partial charge in [0.25, 0.3) is 5.69 Å². The number of hydrogen-bond donors (Lipinski definition) is 2. The van der Waals surface area contributed by atoms with Crippen LogP contribution in [0.2, 0.25) is 5.02 Å². The van der Waals surface area contributed by atoms with Gasteiger partial charge in [0.2, 0.25) is 0 Å². The van der Waals surface area contributed by atoms with Gasteiger partial charge in [-0.1, -0.05) is 28.5 Å². The molecule has 2 aromatic rings. The van der Waals surface area contributed by atoms with Gasteiger partial charge < -0.3 is 10.9 Å². The van der Waals surface area contributed by atoms with E-state index in [0.717, 1.165) is 9.79 Å². The zero-order valence-corrected chi connectivity index (χ0v) is 12.1. The Kier molecular flexibility index (Phi) is 4.66. The maximum Gasteiger partial charge on any atom is 0.269 e. The van der Waals surface area contributed by atoms with Crippen LogP contribution in [0.5, 0.6) is 0 Å². The third-order valence-electron chi connectivity index (χ3n) is 2.61. The smallest absolute Gasteiger partial charge is 0.269 e. The highest BCUT2D eigenvalue weighted by Gasteiger charge is 2.08. The molecule has 0 fully saturated rings. The highest BCUT2D eigenvalue weighted by Crippen LogP contribution is 2.34. The lowest BCUT2D eigenvalue weighted by atomic mass is 10.2. The topological polar surface area (TPSA) is 102 Å². The fraction of sp³-hybridized carbons (Fsp3) is 0. The number of hydrogen-bond acceptors (Lipinski definition) is 5. The molecule has 108 valence electrons. The molecule has 2 rings (SSSR count). The van der Waals surface area contributed by atoms with Gasteiger partial charge in [-0.2, -0.15) is 0 Å². The zero-order chi connectivity index (χ0) is 15.4. The first-order valence-corrected chi connectivity index (χ1v) is 6.90. The molecular formula is C13H10ClN3O3S. The van der Waals surface area contributed by atoms with Crippen LogP contribution in [0.15, 0.2) is 57.4 Å². The number of halogens is 1. The lowest BCUT2D eigenvalue weighted by molar-refractivity contribution is -0.384. The van der Waals surface area contributed by atoms with Gasteiger partial charge >= 0.3 is 0 Å². The number of nitro benzene ring substituents is 1. The third kappa shape index (κ3) is 3.65. The second-order valence-corrected chi connectivity index (χ2v) is 5.51. The Labute approximate surface area is 129 Å². The fourth-order valence-corrected chi connectivity index (χ4v) is 2.68. The van der Waals surface area contributed by atoms with Crippen molar-refractivity contribution in [3.05, 3.63) is 63.2 Å². The molecule has 0 aromatic heterocycles. The summed E-state index contributed by atoms with van der Waals surface area (Å²) in [5, 5.41) is 22.6. The van der Waals surface area contributed by atoms with E-state index < -0.39 is 4.92 Å². The molecule has 0 heterocycles. The summed E-state index contributed by atoms with van der Waals surface area (Å²) in [5.41, 5.74) is 6.03. The second-order valence-electron chi connectivity index (χ2n) is 3.98. The maximum atomic E-state index is 10.6. The van der Waals surface area contributed by atoms with Crippen LogP contribution in [0, 0.1) is 10.1 Å². The molecule has 0 aliphatic rings. The molecule has 0 saturated heterocycles. The second kappa shape index (κ2) is 6.47. The van der Waals surface area contributed by atoms with Gasteiger partial charge in [0.15, 0.2) is 5.84 Å². The summed E-state index contributed by atoms with van der Waals surface area (Å²) in [6, 6.07) is 11.2. The monoisotopic (exact) mass is 323 g/mol. The van der Waals surface area contributed by atoms with Crippen molar-refractivity contribution in [2.75, 3.05) is 0 Å². The summed E-state index contributed by atoms with van der Waals surface area (Å²) in [7, 11) is 0. The number of rotatable bonds is 4. The van der Waals surface area contributed by atoms with Gasteiger partial charge in [-0.25, -0.2) is 0 Å². The van der Waals surface area contributed by atoms with Crippen LogP contribution in [0.3, 0.4) is 0 Å². The number of nitrogens with zero attached hydrogens (tertiary/aromatic N) is 2. The number of nitrogens with two attached hydrogens (primary N) is 1. The first-order valence-electron chi connectivity index (χ1n) is 5.71. The number of benzene rings is 2. The molecule has 0 radical (unpaired) electrons.